The van der Waals surface area contributed by atoms with Gasteiger partial charge < -0.3 is 5.32 Å². The van der Waals surface area contributed by atoms with Crippen LogP contribution in [0, 0.1) is 0 Å². The Morgan fingerprint density at radius 1 is 1.19 bits per heavy atom. The molecule has 0 spiro atoms. The molecule has 3 rings (SSSR count). The van der Waals surface area contributed by atoms with E-state index in [-0.39, 0.29) is 0 Å². The molecule has 0 saturated heterocycles. The molecular weight excluding hydrogens is 218 g/mol. The fourth-order valence-corrected chi connectivity index (χ4v) is 2.99. The average molecular weight is 234 g/mol. The highest BCUT2D eigenvalue weighted by Gasteiger charge is 2.24. The predicted octanol–water partition coefficient (Wildman–Crippen LogP) is 3.64. The second-order valence-electron chi connectivity index (χ2n) is 4.74. The molecule has 1 aromatic carbocycles. The van der Waals surface area contributed by atoms with Crippen molar-refractivity contribution in [1.29, 1.82) is 0 Å². The standard InChI is InChI=1S/C14H16ClN/c15-11-6-7-13-10(9-11)5-8-14(13)16-12-3-1-2-4-12/h1-2,6-7,9,12,14,16H,3-5,8H2. The van der Waals surface area contributed by atoms with Gasteiger partial charge in [-0.25, -0.2) is 0 Å². The molecule has 16 heavy (non-hydrogen) atoms. The second kappa shape index (κ2) is 4.23. The van der Waals surface area contributed by atoms with Crippen LogP contribution in [0.15, 0.2) is 30.4 Å². The molecule has 2 aliphatic carbocycles. The molecule has 0 amide bonds. The van der Waals surface area contributed by atoms with E-state index in [0.717, 1.165) is 11.4 Å². The van der Waals surface area contributed by atoms with Crippen LogP contribution >= 0.6 is 11.6 Å². The molecule has 0 saturated carbocycles. The van der Waals surface area contributed by atoms with Gasteiger partial charge >= 0.3 is 0 Å². The first kappa shape index (κ1) is 10.4. The number of nitrogens with one attached hydrogen (secondary N) is 1. The lowest BCUT2D eigenvalue weighted by atomic mass is 10.1. The third-order valence-electron chi connectivity index (χ3n) is 3.63. The van der Waals surface area contributed by atoms with Gasteiger partial charge in [0.05, 0.1) is 0 Å². The van der Waals surface area contributed by atoms with Crippen molar-refractivity contribution in [2.24, 2.45) is 0 Å². The summed E-state index contributed by atoms with van der Waals surface area (Å²) in [6, 6.07) is 7.49. The minimum Gasteiger partial charge on any atom is -0.307 e. The molecule has 0 fully saturated rings. The van der Waals surface area contributed by atoms with Crippen LogP contribution in [-0.4, -0.2) is 6.04 Å². The lowest BCUT2D eigenvalue weighted by Crippen LogP contribution is -2.29. The molecule has 1 aromatic rings. The summed E-state index contributed by atoms with van der Waals surface area (Å²) in [5.74, 6) is 0. The number of halogens is 1. The fourth-order valence-electron chi connectivity index (χ4n) is 2.80. The number of aryl methyl sites for hydroxylation is 1. The SMILES string of the molecule is Clc1ccc2c(c1)CCC2NC1CC=CC1. The summed E-state index contributed by atoms with van der Waals surface area (Å²) in [6.45, 7) is 0. The number of benzene rings is 1. The Morgan fingerprint density at radius 3 is 2.81 bits per heavy atom. The number of rotatable bonds is 2. The van der Waals surface area contributed by atoms with Crippen molar-refractivity contribution >= 4 is 11.6 Å². The molecule has 0 bridgehead atoms. The van der Waals surface area contributed by atoms with Crippen molar-refractivity contribution in [3.05, 3.63) is 46.5 Å². The first-order valence-electron chi connectivity index (χ1n) is 6.02. The molecule has 0 aromatic heterocycles. The molecule has 1 N–H and O–H groups in total. The third kappa shape index (κ3) is 1.90. The zero-order valence-electron chi connectivity index (χ0n) is 9.25. The highest BCUT2D eigenvalue weighted by atomic mass is 35.5. The van der Waals surface area contributed by atoms with Crippen LogP contribution in [0.25, 0.3) is 0 Å². The summed E-state index contributed by atoms with van der Waals surface area (Å²) in [5, 5.41) is 4.61. The largest absolute Gasteiger partial charge is 0.307 e. The van der Waals surface area contributed by atoms with Gasteiger partial charge in [-0.15, -0.1) is 0 Å². The van der Waals surface area contributed by atoms with E-state index in [1.54, 1.807) is 0 Å². The lowest BCUT2D eigenvalue weighted by Gasteiger charge is -2.19. The van der Waals surface area contributed by atoms with E-state index in [1.165, 1.54) is 30.4 Å². The van der Waals surface area contributed by atoms with Gasteiger partial charge in [-0.2, -0.15) is 0 Å². The minimum absolute atomic E-state index is 0.539. The Kier molecular flexibility index (Phi) is 2.74. The molecule has 1 unspecified atom stereocenters. The maximum Gasteiger partial charge on any atom is 0.0408 e. The maximum atomic E-state index is 6.01. The second-order valence-corrected chi connectivity index (χ2v) is 5.18. The molecule has 2 heteroatoms. The van der Waals surface area contributed by atoms with Crippen LogP contribution in [0.1, 0.15) is 36.4 Å². The van der Waals surface area contributed by atoms with E-state index in [1.807, 2.05) is 6.07 Å². The zero-order chi connectivity index (χ0) is 11.0. The summed E-state index contributed by atoms with van der Waals surface area (Å²) in [6.07, 6.45) is 9.28. The molecule has 84 valence electrons. The molecule has 0 radical (unpaired) electrons. The van der Waals surface area contributed by atoms with E-state index in [4.69, 9.17) is 11.6 Å². The van der Waals surface area contributed by atoms with Crippen LogP contribution in [0.4, 0.5) is 0 Å². The Bertz CT molecular complexity index is 417. The van der Waals surface area contributed by atoms with Gasteiger partial charge in [-0.3, -0.25) is 0 Å². The minimum atomic E-state index is 0.539. The Hall–Kier alpha value is -0.790. The number of hydrogen-bond acceptors (Lipinski definition) is 1. The molecule has 1 nitrogen and oxygen atoms in total. The van der Waals surface area contributed by atoms with Crippen LogP contribution in [0.2, 0.25) is 5.02 Å². The summed E-state index contributed by atoms with van der Waals surface area (Å²) in [4.78, 5) is 0. The smallest absolute Gasteiger partial charge is 0.0408 e. The molecule has 2 aliphatic rings. The summed E-state index contributed by atoms with van der Waals surface area (Å²) >= 11 is 6.01. The van der Waals surface area contributed by atoms with Crippen molar-refractivity contribution in [3.8, 4) is 0 Å². The van der Waals surface area contributed by atoms with Crippen molar-refractivity contribution in [2.45, 2.75) is 37.8 Å². The first-order valence-corrected chi connectivity index (χ1v) is 6.40. The molecule has 1 atom stereocenters. The van der Waals surface area contributed by atoms with E-state index >= 15 is 0 Å². The van der Waals surface area contributed by atoms with Crippen LogP contribution in [-0.2, 0) is 6.42 Å². The van der Waals surface area contributed by atoms with E-state index in [2.05, 4.69) is 29.6 Å². The normalized spacial score (nSPS) is 23.9. The summed E-state index contributed by atoms with van der Waals surface area (Å²) < 4.78 is 0. The maximum absolute atomic E-state index is 6.01. The van der Waals surface area contributed by atoms with Gasteiger partial charge in [0.1, 0.15) is 0 Å². The molecule has 0 aliphatic heterocycles. The lowest BCUT2D eigenvalue weighted by molar-refractivity contribution is 0.446. The van der Waals surface area contributed by atoms with Gasteiger partial charge in [0, 0.05) is 17.1 Å². The Labute approximate surface area is 102 Å². The van der Waals surface area contributed by atoms with Crippen LogP contribution < -0.4 is 5.32 Å². The summed E-state index contributed by atoms with van der Waals surface area (Å²) in [5.41, 5.74) is 2.88. The van der Waals surface area contributed by atoms with Gasteiger partial charge in [0.15, 0.2) is 0 Å². The van der Waals surface area contributed by atoms with E-state index in [0.29, 0.717) is 12.1 Å². The number of fused-ring (bicyclic) bond motifs is 1. The highest BCUT2D eigenvalue weighted by molar-refractivity contribution is 6.30. The van der Waals surface area contributed by atoms with Crippen LogP contribution in [0.5, 0.6) is 0 Å². The van der Waals surface area contributed by atoms with Gasteiger partial charge in [-0.1, -0.05) is 29.8 Å². The molecule has 0 heterocycles. The van der Waals surface area contributed by atoms with Gasteiger partial charge in [0.2, 0.25) is 0 Å². The van der Waals surface area contributed by atoms with Gasteiger partial charge in [-0.05, 0) is 48.9 Å². The van der Waals surface area contributed by atoms with E-state index in [9.17, 15) is 0 Å². The quantitative estimate of drug-likeness (QED) is 0.770. The first-order chi connectivity index (χ1) is 7.83. The van der Waals surface area contributed by atoms with Crippen molar-refractivity contribution in [3.63, 3.8) is 0 Å². The Morgan fingerprint density at radius 2 is 2.00 bits per heavy atom. The van der Waals surface area contributed by atoms with Crippen molar-refractivity contribution < 1.29 is 0 Å². The average Bonchev–Trinajstić information content (AvgIpc) is 2.89. The van der Waals surface area contributed by atoms with Gasteiger partial charge in [0.25, 0.3) is 0 Å². The highest BCUT2D eigenvalue weighted by Crippen LogP contribution is 2.33. The fraction of sp³-hybridized carbons (Fsp3) is 0.429. The monoisotopic (exact) mass is 233 g/mol. The van der Waals surface area contributed by atoms with Crippen molar-refractivity contribution in [1.82, 2.24) is 5.32 Å². The summed E-state index contributed by atoms with van der Waals surface area (Å²) in [7, 11) is 0. The van der Waals surface area contributed by atoms with Crippen molar-refractivity contribution in [2.75, 3.05) is 0 Å². The predicted molar refractivity (Wildman–Crippen MR) is 67.8 cm³/mol. The topological polar surface area (TPSA) is 12.0 Å². The number of hydrogen-bond donors (Lipinski definition) is 1. The zero-order valence-corrected chi connectivity index (χ0v) is 10.0. The Balaban J connectivity index is 1.75. The third-order valence-corrected chi connectivity index (χ3v) is 3.86. The van der Waals surface area contributed by atoms with E-state index < -0.39 is 0 Å². The van der Waals surface area contributed by atoms with Crippen LogP contribution in [0.3, 0.4) is 0 Å². The molecular formula is C14H16ClN.